The van der Waals surface area contributed by atoms with E-state index in [0.717, 1.165) is 5.01 Å². The van der Waals surface area contributed by atoms with Crippen LogP contribution in [0.4, 0.5) is 18.9 Å². The molecule has 2 aromatic carbocycles. The van der Waals surface area contributed by atoms with Gasteiger partial charge in [0, 0.05) is 0 Å². The van der Waals surface area contributed by atoms with Crippen molar-refractivity contribution >= 4 is 29.4 Å². The second kappa shape index (κ2) is 6.83. The van der Waals surface area contributed by atoms with Crippen LogP contribution in [0, 0.1) is 0 Å². The number of hydrazone groups is 1. The molecule has 1 aliphatic rings. The molecule has 0 aliphatic carbocycles. The predicted octanol–water partition coefficient (Wildman–Crippen LogP) is 3.11. The molecule has 0 radical (unpaired) electrons. The fourth-order valence-corrected chi connectivity index (χ4v) is 2.28. The zero-order valence-electron chi connectivity index (χ0n) is 13.2. The molecule has 0 aromatic heterocycles. The molecule has 5 nitrogen and oxygen atoms in total. The van der Waals surface area contributed by atoms with Crippen molar-refractivity contribution < 1.29 is 22.8 Å². The molecule has 0 fully saturated rings. The molecule has 1 heterocycles. The summed E-state index contributed by atoms with van der Waals surface area (Å²) in [5.74, 6) is -3.29. The first-order valence-corrected chi connectivity index (χ1v) is 7.49. The van der Waals surface area contributed by atoms with Crippen LogP contribution in [-0.4, -0.2) is 23.8 Å². The van der Waals surface area contributed by atoms with E-state index in [9.17, 15) is 22.8 Å². The number of nitrogens with zero attached hydrogens (tertiary/aromatic N) is 2. The Labute approximate surface area is 146 Å². The van der Waals surface area contributed by atoms with Gasteiger partial charge >= 0.3 is 12.1 Å². The summed E-state index contributed by atoms with van der Waals surface area (Å²) < 4.78 is 37.8. The smallest absolute Gasteiger partial charge is 0.301 e. The largest absolute Gasteiger partial charge is 0.471 e. The van der Waals surface area contributed by atoms with E-state index >= 15 is 0 Å². The lowest BCUT2D eigenvalue weighted by molar-refractivity contribution is -0.171. The van der Waals surface area contributed by atoms with Gasteiger partial charge in [0.05, 0.1) is 11.3 Å². The highest BCUT2D eigenvalue weighted by molar-refractivity contribution is 6.34. The van der Waals surface area contributed by atoms with Crippen molar-refractivity contribution in [3.05, 3.63) is 71.8 Å². The summed E-state index contributed by atoms with van der Waals surface area (Å²) in [5, 5.41) is 6.49. The van der Waals surface area contributed by atoms with Crippen molar-refractivity contribution in [2.45, 2.75) is 6.18 Å². The number of carbonyl (C=O) groups excluding carboxylic acids is 2. The van der Waals surface area contributed by atoms with E-state index in [-0.39, 0.29) is 5.57 Å². The molecule has 1 aliphatic heterocycles. The number of para-hydroxylation sites is 1. The molecular weight excluding hydrogens is 347 g/mol. The summed E-state index contributed by atoms with van der Waals surface area (Å²) in [6, 6.07) is 16.7. The van der Waals surface area contributed by atoms with Gasteiger partial charge in [-0.15, -0.1) is 5.10 Å². The number of nitrogens with one attached hydrogen (secondary N) is 1. The molecular formula is C18H12F3N3O2. The molecule has 0 atom stereocenters. The third kappa shape index (κ3) is 3.64. The summed E-state index contributed by atoms with van der Waals surface area (Å²) in [6.45, 7) is 0. The number of rotatable bonds is 2. The van der Waals surface area contributed by atoms with Crippen LogP contribution in [-0.2, 0) is 9.59 Å². The molecule has 0 saturated carbocycles. The van der Waals surface area contributed by atoms with Gasteiger partial charge in [0.2, 0.25) is 0 Å². The lowest BCUT2D eigenvalue weighted by Gasteiger charge is -2.10. The number of carbonyl (C=O) groups is 2. The Balaban J connectivity index is 2.01. The number of halogens is 3. The molecule has 0 spiro atoms. The fourth-order valence-electron chi connectivity index (χ4n) is 2.28. The van der Waals surface area contributed by atoms with Gasteiger partial charge in [-0.2, -0.15) is 18.2 Å². The minimum absolute atomic E-state index is 0.141. The van der Waals surface area contributed by atoms with Crippen LogP contribution in [0.1, 0.15) is 5.56 Å². The van der Waals surface area contributed by atoms with E-state index in [1.807, 2.05) is 0 Å². The van der Waals surface area contributed by atoms with E-state index < -0.39 is 23.8 Å². The molecule has 2 aromatic rings. The second-order valence-electron chi connectivity index (χ2n) is 5.32. The third-order valence-electron chi connectivity index (χ3n) is 3.48. The summed E-state index contributed by atoms with van der Waals surface area (Å²) >= 11 is 0. The molecule has 0 unspecified atom stereocenters. The van der Waals surface area contributed by atoms with Gasteiger partial charge in [-0.25, -0.2) is 0 Å². The molecule has 1 N–H and O–H groups in total. The topological polar surface area (TPSA) is 61.8 Å². The Morgan fingerprint density at radius 1 is 1.00 bits per heavy atom. The Hall–Kier alpha value is -3.42. The molecule has 0 bridgehead atoms. The highest BCUT2D eigenvalue weighted by Gasteiger charge is 2.42. The van der Waals surface area contributed by atoms with E-state index in [4.69, 9.17) is 0 Å². The maximum absolute atomic E-state index is 12.7. The van der Waals surface area contributed by atoms with Crippen molar-refractivity contribution in [1.82, 2.24) is 5.32 Å². The number of alkyl halides is 3. The highest BCUT2D eigenvalue weighted by Crippen LogP contribution is 2.25. The van der Waals surface area contributed by atoms with Crippen LogP contribution < -0.4 is 10.3 Å². The Bertz CT molecular complexity index is 891. The third-order valence-corrected chi connectivity index (χ3v) is 3.48. The van der Waals surface area contributed by atoms with Crippen molar-refractivity contribution in [2.24, 2.45) is 5.10 Å². The predicted molar refractivity (Wildman–Crippen MR) is 90.0 cm³/mol. The average molecular weight is 359 g/mol. The summed E-state index contributed by atoms with van der Waals surface area (Å²) in [4.78, 5) is 24.0. The van der Waals surface area contributed by atoms with E-state index in [1.54, 1.807) is 66.0 Å². The van der Waals surface area contributed by atoms with Gasteiger partial charge in [0.1, 0.15) is 0 Å². The van der Waals surface area contributed by atoms with Crippen molar-refractivity contribution in [1.29, 1.82) is 0 Å². The van der Waals surface area contributed by atoms with Crippen LogP contribution in [0.5, 0.6) is 0 Å². The van der Waals surface area contributed by atoms with E-state index in [0.29, 0.717) is 11.3 Å². The Morgan fingerprint density at radius 2 is 1.58 bits per heavy atom. The monoisotopic (exact) mass is 359 g/mol. The van der Waals surface area contributed by atoms with Crippen LogP contribution in [0.2, 0.25) is 0 Å². The van der Waals surface area contributed by atoms with Gasteiger partial charge in [0.15, 0.2) is 5.84 Å². The van der Waals surface area contributed by atoms with Crippen LogP contribution >= 0.6 is 0 Å². The van der Waals surface area contributed by atoms with Crippen LogP contribution in [0.15, 0.2) is 71.3 Å². The molecule has 2 amide bonds. The Morgan fingerprint density at radius 3 is 2.15 bits per heavy atom. The molecule has 0 saturated heterocycles. The van der Waals surface area contributed by atoms with Gasteiger partial charge in [-0.1, -0.05) is 48.5 Å². The molecule has 132 valence electrons. The maximum atomic E-state index is 12.7. The minimum atomic E-state index is -5.09. The Kier molecular flexibility index (Phi) is 4.57. The quantitative estimate of drug-likeness (QED) is 0.838. The summed E-state index contributed by atoms with van der Waals surface area (Å²) in [7, 11) is 0. The second-order valence-corrected chi connectivity index (χ2v) is 5.32. The highest BCUT2D eigenvalue weighted by atomic mass is 19.4. The van der Waals surface area contributed by atoms with Gasteiger partial charge in [-0.3, -0.25) is 9.59 Å². The van der Waals surface area contributed by atoms with E-state index in [1.165, 1.54) is 6.08 Å². The minimum Gasteiger partial charge on any atom is -0.301 e. The number of amidine groups is 1. The van der Waals surface area contributed by atoms with Crippen LogP contribution in [0.25, 0.3) is 6.08 Å². The number of hydrogen-bond donors (Lipinski definition) is 1. The average Bonchev–Trinajstić information content (AvgIpc) is 2.92. The molecule has 8 heteroatoms. The number of anilines is 1. The van der Waals surface area contributed by atoms with Crippen LogP contribution in [0.3, 0.4) is 0 Å². The first-order chi connectivity index (χ1) is 12.4. The van der Waals surface area contributed by atoms with Gasteiger partial charge in [-0.05, 0) is 23.8 Å². The molecule has 3 rings (SSSR count). The lowest BCUT2D eigenvalue weighted by Crippen LogP contribution is -2.41. The summed E-state index contributed by atoms with van der Waals surface area (Å²) in [5.41, 5.74) is 0.810. The lowest BCUT2D eigenvalue weighted by atomic mass is 10.1. The number of amides is 2. The first-order valence-electron chi connectivity index (χ1n) is 7.49. The maximum Gasteiger partial charge on any atom is 0.471 e. The van der Waals surface area contributed by atoms with Crippen molar-refractivity contribution in [2.75, 3.05) is 5.01 Å². The van der Waals surface area contributed by atoms with Gasteiger partial charge < -0.3 is 5.32 Å². The SMILES string of the molecule is O=C1/C(=C/c2ccccc2)C(NC(=O)C(F)(F)F)=NN1c1ccccc1. The summed E-state index contributed by atoms with van der Waals surface area (Å²) in [6.07, 6.45) is -3.72. The first kappa shape index (κ1) is 17.4. The normalized spacial score (nSPS) is 16.0. The van der Waals surface area contributed by atoms with Crippen molar-refractivity contribution in [3.8, 4) is 0 Å². The zero-order valence-corrected chi connectivity index (χ0v) is 13.2. The number of benzene rings is 2. The van der Waals surface area contributed by atoms with Crippen molar-refractivity contribution in [3.63, 3.8) is 0 Å². The standard InChI is InChI=1S/C18H12F3N3O2/c19-18(20,21)17(26)22-15-14(11-12-7-3-1-4-8-12)16(25)24(23-15)13-9-5-2-6-10-13/h1-11H,(H,22,23,26)/b14-11+. The zero-order chi connectivity index (χ0) is 18.7. The number of hydrogen-bond acceptors (Lipinski definition) is 3. The van der Waals surface area contributed by atoms with Gasteiger partial charge in [0.25, 0.3) is 5.91 Å². The fraction of sp³-hybridized carbons (Fsp3) is 0.0556. The molecule has 26 heavy (non-hydrogen) atoms. The van der Waals surface area contributed by atoms with E-state index in [2.05, 4.69) is 5.10 Å².